The lowest BCUT2D eigenvalue weighted by Crippen LogP contribution is -2.32. The number of thioether (sulfide) groups is 1. The van der Waals surface area contributed by atoms with Gasteiger partial charge in [0, 0.05) is 34.5 Å². The van der Waals surface area contributed by atoms with Gasteiger partial charge in [0.15, 0.2) is 5.65 Å². The van der Waals surface area contributed by atoms with Crippen LogP contribution in [0.4, 0.5) is 5.69 Å². The molecule has 8 nitrogen and oxygen atoms in total. The normalized spacial score (nSPS) is 18.7. The minimum Gasteiger partial charge on any atom is -0.453 e. The molecule has 2 aromatic carbocycles. The summed E-state index contributed by atoms with van der Waals surface area (Å²) in [6.07, 6.45) is 9.18. The zero-order chi connectivity index (χ0) is 25.5. The minimum atomic E-state index is -0.434. The van der Waals surface area contributed by atoms with Crippen LogP contribution in [0.25, 0.3) is 22.3 Å². The number of pyridine rings is 1. The largest absolute Gasteiger partial charge is 0.453 e. The predicted octanol–water partition coefficient (Wildman–Crippen LogP) is 5.81. The van der Waals surface area contributed by atoms with E-state index in [0.717, 1.165) is 27.1 Å². The number of hydrogen-bond acceptors (Lipinski definition) is 7. The van der Waals surface area contributed by atoms with E-state index in [1.54, 1.807) is 23.0 Å². The van der Waals surface area contributed by atoms with E-state index in [4.69, 9.17) is 9.72 Å². The second-order valence-electron chi connectivity index (χ2n) is 8.69. The van der Waals surface area contributed by atoms with E-state index < -0.39 is 4.92 Å². The van der Waals surface area contributed by atoms with Crippen LogP contribution in [0.2, 0.25) is 0 Å². The number of aryl methyl sites for hydroxylation is 1. The molecule has 0 fully saturated rings. The lowest BCUT2D eigenvalue weighted by molar-refractivity contribution is -0.384. The Balaban J connectivity index is 1.48. The van der Waals surface area contributed by atoms with Crippen molar-refractivity contribution in [1.82, 2.24) is 14.8 Å². The van der Waals surface area contributed by atoms with Gasteiger partial charge in [-0.3, -0.25) is 10.1 Å². The highest BCUT2D eigenvalue weighted by molar-refractivity contribution is 8.04. The first kappa shape index (κ1) is 22.9. The Morgan fingerprint density at radius 1 is 1.05 bits per heavy atom. The summed E-state index contributed by atoms with van der Waals surface area (Å²) in [6.45, 7) is 1.89. The zero-order valence-electron chi connectivity index (χ0n) is 19.6. The van der Waals surface area contributed by atoms with E-state index in [2.05, 4.69) is 11.2 Å². The molecule has 9 heteroatoms. The third-order valence-electron chi connectivity index (χ3n) is 6.38. The molecule has 4 aromatic rings. The summed E-state index contributed by atoms with van der Waals surface area (Å²) >= 11 is 1.39. The van der Waals surface area contributed by atoms with E-state index in [9.17, 15) is 14.9 Å². The van der Waals surface area contributed by atoms with Gasteiger partial charge in [0.1, 0.15) is 11.0 Å². The fraction of sp³-hybridized carbons (Fsp3) is 0.107. The van der Waals surface area contributed by atoms with E-state index in [1.807, 2.05) is 61.5 Å². The SMILES string of the molecule is Cc1nn(-c2ccc([N+](=O)[O-])cc2)c2ncc(C3=C(Sc4ccccc4)C(=O)OC4C=CC=CC34)cc12. The molecule has 3 heterocycles. The van der Waals surface area contributed by atoms with Crippen molar-refractivity contribution in [3.8, 4) is 5.69 Å². The van der Waals surface area contributed by atoms with Gasteiger partial charge < -0.3 is 4.74 Å². The smallest absolute Gasteiger partial charge is 0.345 e. The molecule has 0 radical (unpaired) electrons. The summed E-state index contributed by atoms with van der Waals surface area (Å²) in [5.41, 5.74) is 3.76. The van der Waals surface area contributed by atoms with E-state index >= 15 is 0 Å². The van der Waals surface area contributed by atoms with Crippen molar-refractivity contribution in [2.24, 2.45) is 5.92 Å². The number of benzene rings is 2. The zero-order valence-corrected chi connectivity index (χ0v) is 20.5. The number of nitro groups is 1. The number of hydrogen-bond donors (Lipinski definition) is 0. The van der Waals surface area contributed by atoms with Crippen LogP contribution in [-0.2, 0) is 9.53 Å². The molecule has 37 heavy (non-hydrogen) atoms. The molecule has 1 aliphatic carbocycles. The van der Waals surface area contributed by atoms with Crippen molar-refractivity contribution >= 4 is 40.0 Å². The Bertz CT molecular complexity index is 1640. The van der Waals surface area contributed by atoms with Gasteiger partial charge >= 0.3 is 5.97 Å². The minimum absolute atomic E-state index is 0.0101. The topological polar surface area (TPSA) is 100 Å². The molecule has 1 aliphatic heterocycles. The number of nitro benzene ring substituents is 1. The first-order chi connectivity index (χ1) is 18.0. The molecule has 2 atom stereocenters. The number of carbonyl (C=O) groups is 1. The Morgan fingerprint density at radius 3 is 2.57 bits per heavy atom. The van der Waals surface area contributed by atoms with Gasteiger partial charge in [0.25, 0.3) is 5.69 Å². The lowest BCUT2D eigenvalue weighted by Gasteiger charge is -2.33. The molecular formula is C28H20N4O4S. The average Bonchev–Trinajstić information content (AvgIpc) is 3.25. The predicted molar refractivity (Wildman–Crippen MR) is 141 cm³/mol. The van der Waals surface area contributed by atoms with E-state index in [1.165, 1.54) is 23.9 Å². The summed E-state index contributed by atoms with van der Waals surface area (Å²) in [6, 6.07) is 17.9. The highest BCUT2D eigenvalue weighted by Gasteiger charge is 2.37. The summed E-state index contributed by atoms with van der Waals surface area (Å²) in [7, 11) is 0. The lowest BCUT2D eigenvalue weighted by atomic mass is 9.84. The summed E-state index contributed by atoms with van der Waals surface area (Å²) < 4.78 is 7.46. The molecule has 0 bridgehead atoms. The fourth-order valence-electron chi connectivity index (χ4n) is 4.61. The third-order valence-corrected chi connectivity index (χ3v) is 7.48. The first-order valence-corrected chi connectivity index (χ1v) is 12.4. The van der Waals surface area contributed by atoms with Crippen LogP contribution >= 0.6 is 11.8 Å². The maximum Gasteiger partial charge on any atom is 0.345 e. The van der Waals surface area contributed by atoms with Crippen molar-refractivity contribution in [2.75, 3.05) is 0 Å². The molecule has 0 saturated heterocycles. The standard InChI is InChI=1S/C28H20N4O4S/c1-17-23-15-18(16-29-27(23)31(30-17)19-11-13-20(14-12-19)32(34)35)25-22-9-5-6-10-24(22)36-28(33)26(25)37-21-7-3-2-4-8-21/h2-16,22,24H,1H3. The fourth-order valence-corrected chi connectivity index (χ4v) is 5.64. The molecular weight excluding hydrogens is 488 g/mol. The Morgan fingerprint density at radius 2 is 1.81 bits per heavy atom. The molecule has 0 amide bonds. The molecule has 2 aromatic heterocycles. The van der Waals surface area contributed by atoms with Crippen molar-refractivity contribution in [3.05, 3.63) is 117 Å². The summed E-state index contributed by atoms with van der Waals surface area (Å²) in [4.78, 5) is 30.0. The molecule has 0 spiro atoms. The van der Waals surface area contributed by atoms with E-state index in [-0.39, 0.29) is 23.7 Å². The van der Waals surface area contributed by atoms with Crippen LogP contribution in [-0.4, -0.2) is 31.8 Å². The van der Waals surface area contributed by atoms with Gasteiger partial charge in [-0.05, 0) is 54.5 Å². The second kappa shape index (κ2) is 9.18. The van der Waals surface area contributed by atoms with Crippen LogP contribution < -0.4 is 0 Å². The Labute approximate surface area is 216 Å². The monoisotopic (exact) mass is 508 g/mol. The second-order valence-corrected chi connectivity index (χ2v) is 9.77. The number of aromatic nitrogens is 3. The Hall–Kier alpha value is -4.50. The van der Waals surface area contributed by atoms with Gasteiger partial charge in [-0.2, -0.15) is 5.10 Å². The van der Waals surface area contributed by atoms with Crippen molar-refractivity contribution in [2.45, 2.75) is 17.9 Å². The number of allylic oxidation sites excluding steroid dienone is 2. The van der Waals surface area contributed by atoms with Crippen LogP contribution in [0.5, 0.6) is 0 Å². The molecule has 6 rings (SSSR count). The van der Waals surface area contributed by atoms with Crippen LogP contribution in [0, 0.1) is 23.0 Å². The number of nitrogens with zero attached hydrogens (tertiary/aromatic N) is 4. The average molecular weight is 509 g/mol. The van der Waals surface area contributed by atoms with Crippen LogP contribution in [0.3, 0.4) is 0 Å². The summed E-state index contributed by atoms with van der Waals surface area (Å²) in [5.74, 6) is -0.498. The number of non-ortho nitro benzene ring substituents is 1. The number of esters is 1. The maximum atomic E-state index is 13.2. The van der Waals surface area contributed by atoms with Gasteiger partial charge in [0.05, 0.1) is 16.3 Å². The van der Waals surface area contributed by atoms with Crippen LogP contribution in [0.15, 0.2) is 101 Å². The molecule has 0 N–H and O–H groups in total. The number of rotatable bonds is 5. The first-order valence-electron chi connectivity index (χ1n) is 11.6. The molecule has 2 aliphatic rings. The van der Waals surface area contributed by atoms with Crippen molar-refractivity contribution < 1.29 is 14.5 Å². The number of ether oxygens (including phenoxy) is 1. The highest BCUT2D eigenvalue weighted by Crippen LogP contribution is 2.44. The molecule has 2 unspecified atom stereocenters. The van der Waals surface area contributed by atoms with Crippen molar-refractivity contribution in [1.29, 1.82) is 0 Å². The molecule has 0 saturated carbocycles. The van der Waals surface area contributed by atoms with Gasteiger partial charge in [-0.25, -0.2) is 14.5 Å². The quantitative estimate of drug-likeness (QED) is 0.191. The third kappa shape index (κ3) is 4.13. The number of fused-ring (bicyclic) bond motifs is 2. The number of carbonyl (C=O) groups excluding carboxylic acids is 1. The van der Waals surface area contributed by atoms with Crippen molar-refractivity contribution in [3.63, 3.8) is 0 Å². The van der Waals surface area contributed by atoms with Crippen LogP contribution in [0.1, 0.15) is 11.3 Å². The maximum absolute atomic E-state index is 13.2. The summed E-state index contributed by atoms with van der Waals surface area (Å²) in [5, 5.41) is 16.5. The Kier molecular flexibility index (Phi) is 5.69. The van der Waals surface area contributed by atoms with Gasteiger partial charge in [-0.15, -0.1) is 0 Å². The van der Waals surface area contributed by atoms with E-state index in [0.29, 0.717) is 16.2 Å². The highest BCUT2D eigenvalue weighted by atomic mass is 32.2. The van der Waals surface area contributed by atoms with Gasteiger partial charge in [0.2, 0.25) is 0 Å². The van der Waals surface area contributed by atoms with Gasteiger partial charge in [-0.1, -0.05) is 48.2 Å². The molecule has 182 valence electrons.